The molecule has 0 radical (unpaired) electrons. The Kier molecular flexibility index (Phi) is 5.24. The van der Waals surface area contributed by atoms with Gasteiger partial charge in [0.1, 0.15) is 6.10 Å². The van der Waals surface area contributed by atoms with E-state index in [0.29, 0.717) is 12.8 Å². The highest BCUT2D eigenvalue weighted by Gasteiger charge is 2.30. The summed E-state index contributed by atoms with van der Waals surface area (Å²) >= 11 is 0. The SMILES string of the molecule is CCC(N)(CC)C(=O)NCC(O)C(N)=O. The number of carbonyl (C=O) groups excluding carboxylic acids is 2. The van der Waals surface area contributed by atoms with E-state index in [1.165, 1.54) is 0 Å². The Labute approximate surface area is 89.0 Å². The van der Waals surface area contributed by atoms with Gasteiger partial charge in [0.15, 0.2) is 0 Å². The van der Waals surface area contributed by atoms with Crippen LogP contribution in [-0.4, -0.2) is 35.1 Å². The van der Waals surface area contributed by atoms with Gasteiger partial charge >= 0.3 is 0 Å². The maximum absolute atomic E-state index is 11.6. The summed E-state index contributed by atoms with van der Waals surface area (Å²) in [6, 6.07) is 0. The van der Waals surface area contributed by atoms with Gasteiger partial charge in [-0.15, -0.1) is 0 Å². The monoisotopic (exact) mass is 217 g/mol. The molecular formula is C9H19N3O3. The molecule has 0 aromatic heterocycles. The van der Waals surface area contributed by atoms with Gasteiger partial charge < -0.3 is 21.9 Å². The van der Waals surface area contributed by atoms with Gasteiger partial charge in [-0.25, -0.2) is 0 Å². The smallest absolute Gasteiger partial charge is 0.248 e. The maximum Gasteiger partial charge on any atom is 0.248 e. The zero-order valence-electron chi connectivity index (χ0n) is 9.12. The van der Waals surface area contributed by atoms with Crippen LogP contribution in [0.15, 0.2) is 0 Å². The molecule has 0 fully saturated rings. The summed E-state index contributed by atoms with van der Waals surface area (Å²) in [5.74, 6) is -1.25. The standard InChI is InChI=1S/C9H19N3O3/c1-3-9(11,4-2)8(15)12-5-6(13)7(10)14/h6,13H,3-5,11H2,1-2H3,(H2,10,14)(H,12,15). The van der Waals surface area contributed by atoms with Crippen molar-refractivity contribution in [2.75, 3.05) is 6.54 Å². The van der Waals surface area contributed by atoms with E-state index in [4.69, 9.17) is 16.6 Å². The molecule has 2 amide bonds. The number of rotatable bonds is 6. The summed E-state index contributed by atoms with van der Waals surface area (Å²) in [5.41, 5.74) is 9.67. The molecule has 0 saturated carbocycles. The topological polar surface area (TPSA) is 118 Å². The van der Waals surface area contributed by atoms with Crippen molar-refractivity contribution in [2.45, 2.75) is 38.3 Å². The third-order valence-corrected chi connectivity index (χ3v) is 2.50. The molecule has 6 nitrogen and oxygen atoms in total. The lowest BCUT2D eigenvalue weighted by molar-refractivity contribution is -0.129. The molecule has 0 saturated heterocycles. The Morgan fingerprint density at radius 1 is 1.40 bits per heavy atom. The molecule has 1 atom stereocenters. The highest BCUT2D eigenvalue weighted by molar-refractivity contribution is 5.87. The van der Waals surface area contributed by atoms with Gasteiger partial charge in [0, 0.05) is 0 Å². The van der Waals surface area contributed by atoms with Crippen LogP contribution >= 0.6 is 0 Å². The number of nitrogens with two attached hydrogens (primary N) is 2. The number of carbonyl (C=O) groups is 2. The van der Waals surface area contributed by atoms with Crippen molar-refractivity contribution in [3.63, 3.8) is 0 Å². The molecule has 0 aromatic carbocycles. The first kappa shape index (κ1) is 13.9. The van der Waals surface area contributed by atoms with Crippen LogP contribution in [0.4, 0.5) is 0 Å². The van der Waals surface area contributed by atoms with Crippen LogP contribution in [0.5, 0.6) is 0 Å². The number of amides is 2. The van der Waals surface area contributed by atoms with Gasteiger partial charge in [0.2, 0.25) is 11.8 Å². The number of hydrogen-bond acceptors (Lipinski definition) is 4. The fraction of sp³-hybridized carbons (Fsp3) is 0.778. The van der Waals surface area contributed by atoms with Crippen molar-refractivity contribution in [1.82, 2.24) is 5.32 Å². The Morgan fingerprint density at radius 3 is 2.20 bits per heavy atom. The van der Waals surface area contributed by atoms with Crippen LogP contribution in [0.25, 0.3) is 0 Å². The fourth-order valence-electron chi connectivity index (χ4n) is 1.04. The minimum atomic E-state index is -1.37. The van der Waals surface area contributed by atoms with Crippen LogP contribution < -0.4 is 16.8 Å². The normalized spacial score (nSPS) is 13.3. The van der Waals surface area contributed by atoms with Crippen molar-refractivity contribution in [1.29, 1.82) is 0 Å². The number of primary amides is 1. The van der Waals surface area contributed by atoms with E-state index >= 15 is 0 Å². The molecule has 15 heavy (non-hydrogen) atoms. The van der Waals surface area contributed by atoms with E-state index in [1.54, 1.807) is 13.8 Å². The van der Waals surface area contributed by atoms with E-state index in [1.807, 2.05) is 0 Å². The van der Waals surface area contributed by atoms with Crippen LogP contribution in [-0.2, 0) is 9.59 Å². The van der Waals surface area contributed by atoms with Crippen molar-refractivity contribution in [3.05, 3.63) is 0 Å². The van der Waals surface area contributed by atoms with Crippen molar-refractivity contribution < 1.29 is 14.7 Å². The third-order valence-electron chi connectivity index (χ3n) is 2.50. The van der Waals surface area contributed by atoms with Crippen LogP contribution in [0.3, 0.4) is 0 Å². The molecule has 0 aliphatic carbocycles. The second-order valence-corrected chi connectivity index (χ2v) is 3.49. The van der Waals surface area contributed by atoms with E-state index in [0.717, 1.165) is 0 Å². The summed E-state index contributed by atoms with van der Waals surface area (Å²) in [5, 5.41) is 11.4. The predicted molar refractivity (Wildman–Crippen MR) is 55.7 cm³/mol. The van der Waals surface area contributed by atoms with Crippen LogP contribution in [0, 0.1) is 0 Å². The largest absolute Gasteiger partial charge is 0.381 e. The predicted octanol–water partition coefficient (Wildman–Crippen LogP) is -1.53. The lowest BCUT2D eigenvalue weighted by Gasteiger charge is -2.25. The Morgan fingerprint density at radius 2 is 1.87 bits per heavy atom. The number of aliphatic hydroxyl groups excluding tert-OH is 1. The van der Waals surface area contributed by atoms with Crippen molar-refractivity contribution >= 4 is 11.8 Å². The molecule has 88 valence electrons. The summed E-state index contributed by atoms with van der Waals surface area (Å²) in [6.07, 6.45) is -0.392. The first-order valence-corrected chi connectivity index (χ1v) is 4.92. The Hall–Kier alpha value is -1.14. The Balaban J connectivity index is 4.19. The van der Waals surface area contributed by atoms with Gasteiger partial charge in [-0.05, 0) is 12.8 Å². The lowest BCUT2D eigenvalue weighted by atomic mass is 9.93. The van der Waals surface area contributed by atoms with E-state index in [9.17, 15) is 9.59 Å². The summed E-state index contributed by atoms with van der Waals surface area (Å²) < 4.78 is 0. The number of hydrogen-bond donors (Lipinski definition) is 4. The van der Waals surface area contributed by atoms with E-state index in [2.05, 4.69) is 5.32 Å². The maximum atomic E-state index is 11.6. The van der Waals surface area contributed by atoms with Crippen molar-refractivity contribution in [2.24, 2.45) is 11.5 Å². The van der Waals surface area contributed by atoms with Crippen LogP contribution in [0.2, 0.25) is 0 Å². The van der Waals surface area contributed by atoms with Crippen LogP contribution in [0.1, 0.15) is 26.7 Å². The molecule has 0 aliphatic rings. The first-order chi connectivity index (χ1) is 6.87. The molecule has 0 rings (SSSR count). The van der Waals surface area contributed by atoms with Gasteiger partial charge in [-0.3, -0.25) is 9.59 Å². The fourth-order valence-corrected chi connectivity index (χ4v) is 1.04. The molecule has 0 spiro atoms. The van der Waals surface area contributed by atoms with E-state index in [-0.39, 0.29) is 12.5 Å². The summed E-state index contributed by atoms with van der Waals surface area (Å²) in [7, 11) is 0. The van der Waals surface area contributed by atoms with Gasteiger partial charge in [-0.1, -0.05) is 13.8 Å². The molecule has 6 heteroatoms. The van der Waals surface area contributed by atoms with Gasteiger partial charge in [0.05, 0.1) is 12.1 Å². The molecule has 6 N–H and O–H groups in total. The lowest BCUT2D eigenvalue weighted by Crippen LogP contribution is -2.55. The van der Waals surface area contributed by atoms with E-state index < -0.39 is 17.6 Å². The number of nitrogens with one attached hydrogen (secondary N) is 1. The quantitative estimate of drug-likeness (QED) is 0.431. The summed E-state index contributed by atoms with van der Waals surface area (Å²) in [6.45, 7) is 3.40. The molecular weight excluding hydrogens is 198 g/mol. The van der Waals surface area contributed by atoms with Gasteiger partial charge in [0.25, 0.3) is 0 Å². The second-order valence-electron chi connectivity index (χ2n) is 3.49. The minimum Gasteiger partial charge on any atom is -0.381 e. The molecule has 1 unspecified atom stereocenters. The zero-order valence-corrected chi connectivity index (χ0v) is 9.12. The summed E-state index contributed by atoms with van der Waals surface area (Å²) in [4.78, 5) is 22.0. The number of aliphatic hydroxyl groups is 1. The first-order valence-electron chi connectivity index (χ1n) is 4.92. The molecule has 0 heterocycles. The minimum absolute atomic E-state index is 0.201. The second kappa shape index (κ2) is 5.67. The average molecular weight is 217 g/mol. The highest BCUT2D eigenvalue weighted by Crippen LogP contribution is 2.10. The third kappa shape index (κ3) is 3.85. The van der Waals surface area contributed by atoms with Gasteiger partial charge in [-0.2, -0.15) is 0 Å². The Bertz CT molecular complexity index is 239. The molecule has 0 aliphatic heterocycles. The van der Waals surface area contributed by atoms with Crippen molar-refractivity contribution in [3.8, 4) is 0 Å². The highest BCUT2D eigenvalue weighted by atomic mass is 16.3. The average Bonchev–Trinajstić information content (AvgIpc) is 2.23. The molecule has 0 bridgehead atoms. The zero-order chi connectivity index (χ0) is 12.1. The molecule has 0 aromatic rings.